The third kappa shape index (κ3) is 6.86. The maximum Gasteiger partial charge on any atom is 0.343 e. The highest BCUT2D eigenvalue weighted by molar-refractivity contribution is 9.11. The zero-order valence-electron chi connectivity index (χ0n) is 20.6. The summed E-state index contributed by atoms with van der Waals surface area (Å²) in [6, 6.07) is 12.7. The van der Waals surface area contributed by atoms with Gasteiger partial charge in [0.05, 0.1) is 37.0 Å². The molecule has 3 aromatic rings. The fourth-order valence-corrected chi connectivity index (χ4v) is 4.75. The van der Waals surface area contributed by atoms with Gasteiger partial charge in [0.15, 0.2) is 28.7 Å². The normalized spacial score (nSPS) is 11.7. The Morgan fingerprint density at radius 2 is 1.69 bits per heavy atom. The van der Waals surface area contributed by atoms with E-state index in [1.165, 1.54) is 32.6 Å². The van der Waals surface area contributed by atoms with Gasteiger partial charge in [-0.1, -0.05) is 15.9 Å². The average Bonchev–Trinajstić information content (AvgIpc) is 3.41. The zero-order valence-corrected chi connectivity index (χ0v) is 23.8. The molecule has 202 valence electrons. The number of carbonyl (C=O) groups is 3. The van der Waals surface area contributed by atoms with Crippen LogP contribution < -0.4 is 34.4 Å². The van der Waals surface area contributed by atoms with E-state index in [1.807, 2.05) is 0 Å². The molecule has 4 rings (SSSR count). The molecular weight excluding hydrogens is 642 g/mol. The fourth-order valence-electron chi connectivity index (χ4n) is 3.41. The molecule has 39 heavy (non-hydrogen) atoms. The van der Waals surface area contributed by atoms with Gasteiger partial charge in [0.25, 0.3) is 11.8 Å². The number of halogens is 2. The summed E-state index contributed by atoms with van der Waals surface area (Å²) < 4.78 is 27.7. The number of nitrogens with one attached hydrogen (secondary N) is 2. The number of benzene rings is 3. The first-order chi connectivity index (χ1) is 18.8. The minimum absolute atomic E-state index is 0.0817. The molecule has 0 saturated carbocycles. The predicted molar refractivity (Wildman–Crippen MR) is 147 cm³/mol. The second-order valence-electron chi connectivity index (χ2n) is 7.81. The Labute approximate surface area is 239 Å². The molecule has 1 heterocycles. The third-order valence-corrected chi connectivity index (χ3v) is 6.34. The van der Waals surface area contributed by atoms with Gasteiger partial charge in [0.1, 0.15) is 0 Å². The molecule has 0 fully saturated rings. The van der Waals surface area contributed by atoms with Crippen LogP contribution in [-0.2, 0) is 4.79 Å². The molecule has 1 aliphatic rings. The maximum absolute atomic E-state index is 12.8. The smallest absolute Gasteiger partial charge is 0.343 e. The number of amides is 2. The first-order valence-corrected chi connectivity index (χ1v) is 12.8. The highest BCUT2D eigenvalue weighted by Crippen LogP contribution is 2.35. The number of hydrogen-bond acceptors (Lipinski definition) is 9. The van der Waals surface area contributed by atoms with Crippen molar-refractivity contribution in [3.63, 3.8) is 0 Å². The van der Waals surface area contributed by atoms with Gasteiger partial charge in [-0.3, -0.25) is 9.59 Å². The average molecular weight is 663 g/mol. The summed E-state index contributed by atoms with van der Waals surface area (Å²) in [6.45, 7) is -0.253. The van der Waals surface area contributed by atoms with Crippen molar-refractivity contribution < 1.29 is 38.1 Å². The number of rotatable bonds is 9. The van der Waals surface area contributed by atoms with Crippen molar-refractivity contribution in [2.75, 3.05) is 27.6 Å². The van der Waals surface area contributed by atoms with Crippen LogP contribution in [0.15, 0.2) is 62.6 Å². The lowest BCUT2D eigenvalue weighted by Crippen LogP contribution is -2.34. The van der Waals surface area contributed by atoms with Gasteiger partial charge in [-0.15, -0.1) is 0 Å². The molecule has 0 spiro atoms. The zero-order chi connectivity index (χ0) is 27.9. The number of fused-ring (bicyclic) bond motifs is 1. The largest absolute Gasteiger partial charge is 0.493 e. The lowest BCUT2D eigenvalue weighted by molar-refractivity contribution is -0.120. The van der Waals surface area contributed by atoms with E-state index < -0.39 is 17.8 Å². The van der Waals surface area contributed by atoms with Gasteiger partial charge in [-0.25, -0.2) is 10.2 Å². The predicted octanol–water partition coefficient (Wildman–Crippen LogP) is 4.06. The van der Waals surface area contributed by atoms with E-state index in [-0.39, 0.29) is 30.2 Å². The van der Waals surface area contributed by atoms with Crippen molar-refractivity contribution in [2.24, 2.45) is 5.10 Å². The molecule has 0 radical (unpaired) electrons. The van der Waals surface area contributed by atoms with Crippen LogP contribution in [0, 0.1) is 0 Å². The van der Waals surface area contributed by atoms with Gasteiger partial charge < -0.3 is 29.0 Å². The van der Waals surface area contributed by atoms with Crippen molar-refractivity contribution in [1.82, 2.24) is 10.7 Å². The number of esters is 1. The summed E-state index contributed by atoms with van der Waals surface area (Å²) in [6.07, 6.45) is 1.31. The minimum Gasteiger partial charge on any atom is -0.493 e. The summed E-state index contributed by atoms with van der Waals surface area (Å²) in [5.41, 5.74) is 3.27. The first-order valence-electron chi connectivity index (χ1n) is 11.2. The number of hydrogen-bond donors (Lipinski definition) is 2. The van der Waals surface area contributed by atoms with E-state index in [2.05, 4.69) is 47.7 Å². The van der Waals surface area contributed by atoms with Crippen molar-refractivity contribution in [3.8, 4) is 28.7 Å². The Bertz CT molecular complexity index is 1460. The number of hydrazone groups is 1. The van der Waals surface area contributed by atoms with Gasteiger partial charge >= 0.3 is 5.97 Å². The van der Waals surface area contributed by atoms with Crippen molar-refractivity contribution >= 4 is 55.9 Å². The van der Waals surface area contributed by atoms with Crippen LogP contribution in [0.1, 0.15) is 26.3 Å². The second-order valence-corrected chi connectivity index (χ2v) is 9.58. The molecule has 0 aliphatic carbocycles. The van der Waals surface area contributed by atoms with E-state index in [4.69, 9.17) is 23.7 Å². The van der Waals surface area contributed by atoms with Crippen LogP contribution in [0.2, 0.25) is 0 Å². The van der Waals surface area contributed by atoms with Crippen LogP contribution in [0.5, 0.6) is 28.7 Å². The summed E-state index contributed by atoms with van der Waals surface area (Å²) in [5, 5.41) is 6.43. The molecular formula is C26H21Br2N3O8. The SMILES string of the molecule is COc1ccc(C(=O)NCC(=O)N/N=C/c2cc(Br)cc(Br)c2OC(=O)c2ccc3c(c2)OCO3)cc1OC. The molecule has 0 atom stereocenters. The fraction of sp³-hybridized carbons (Fsp3) is 0.154. The quantitative estimate of drug-likeness (QED) is 0.152. The van der Waals surface area contributed by atoms with Crippen LogP contribution in [-0.4, -0.2) is 51.6 Å². The topological polar surface area (TPSA) is 134 Å². The molecule has 2 amide bonds. The van der Waals surface area contributed by atoms with E-state index in [0.29, 0.717) is 37.5 Å². The third-order valence-electron chi connectivity index (χ3n) is 5.29. The molecule has 3 aromatic carbocycles. The molecule has 2 N–H and O–H groups in total. The van der Waals surface area contributed by atoms with E-state index in [1.54, 1.807) is 36.4 Å². The highest BCUT2D eigenvalue weighted by Gasteiger charge is 2.20. The maximum atomic E-state index is 12.8. The molecule has 0 saturated heterocycles. The van der Waals surface area contributed by atoms with Crippen molar-refractivity contribution in [2.45, 2.75) is 0 Å². The van der Waals surface area contributed by atoms with Crippen LogP contribution in [0.4, 0.5) is 0 Å². The number of methoxy groups -OCH3 is 2. The lowest BCUT2D eigenvalue weighted by Gasteiger charge is -2.11. The monoisotopic (exact) mass is 661 g/mol. The second kappa shape index (κ2) is 12.6. The van der Waals surface area contributed by atoms with Crippen LogP contribution >= 0.6 is 31.9 Å². The molecule has 0 aromatic heterocycles. The van der Waals surface area contributed by atoms with Gasteiger partial charge in [0, 0.05) is 15.6 Å². The van der Waals surface area contributed by atoms with Crippen molar-refractivity contribution in [3.05, 3.63) is 74.2 Å². The number of carbonyl (C=O) groups excluding carboxylic acids is 3. The van der Waals surface area contributed by atoms with Crippen molar-refractivity contribution in [1.29, 1.82) is 0 Å². The first kappa shape index (κ1) is 27.9. The summed E-state index contributed by atoms with van der Waals surface area (Å²) >= 11 is 6.77. The summed E-state index contributed by atoms with van der Waals surface area (Å²) in [4.78, 5) is 37.5. The molecule has 1 aliphatic heterocycles. The van der Waals surface area contributed by atoms with Gasteiger partial charge in [-0.05, 0) is 64.5 Å². The Balaban J connectivity index is 1.38. The molecule has 11 nitrogen and oxygen atoms in total. The van der Waals surface area contributed by atoms with Crippen LogP contribution in [0.25, 0.3) is 0 Å². The Hall–Kier alpha value is -4.10. The Morgan fingerprint density at radius 3 is 2.46 bits per heavy atom. The molecule has 13 heteroatoms. The standard InChI is InChI=1S/C26H21Br2N3O8/c1-35-19-5-3-14(8-21(19)36-2)25(33)29-12-23(32)31-30-11-16-7-17(27)10-18(28)24(16)39-26(34)15-4-6-20-22(9-15)38-13-37-20/h3-11H,12-13H2,1-2H3,(H,29,33)(H,31,32)/b30-11+. The molecule has 0 bridgehead atoms. The van der Waals surface area contributed by atoms with E-state index in [0.717, 1.165) is 0 Å². The summed E-state index contributed by atoms with van der Waals surface area (Å²) in [5.74, 6) is 0.336. The van der Waals surface area contributed by atoms with Gasteiger partial charge in [-0.2, -0.15) is 5.10 Å². The summed E-state index contributed by atoms with van der Waals surface area (Å²) in [7, 11) is 2.94. The molecule has 0 unspecified atom stereocenters. The highest BCUT2D eigenvalue weighted by atomic mass is 79.9. The number of ether oxygens (including phenoxy) is 5. The number of nitrogens with zero attached hydrogens (tertiary/aromatic N) is 1. The Morgan fingerprint density at radius 1 is 0.949 bits per heavy atom. The van der Waals surface area contributed by atoms with E-state index in [9.17, 15) is 14.4 Å². The van der Waals surface area contributed by atoms with Gasteiger partial charge in [0.2, 0.25) is 6.79 Å². The Kier molecular flexibility index (Phi) is 9.04. The van der Waals surface area contributed by atoms with Crippen LogP contribution in [0.3, 0.4) is 0 Å². The van der Waals surface area contributed by atoms with E-state index >= 15 is 0 Å². The lowest BCUT2D eigenvalue weighted by atomic mass is 10.2. The minimum atomic E-state index is -0.632.